The van der Waals surface area contributed by atoms with E-state index in [0.717, 1.165) is 13.0 Å². The van der Waals surface area contributed by atoms with Crippen LogP contribution in [-0.2, 0) is 0 Å². The summed E-state index contributed by atoms with van der Waals surface area (Å²) in [4.78, 5) is 13.1. The number of nitrogens with one attached hydrogen (secondary N) is 1. The Balaban J connectivity index is 2.52. The summed E-state index contributed by atoms with van der Waals surface area (Å²) < 4.78 is 0. The van der Waals surface area contributed by atoms with E-state index in [1.807, 2.05) is 4.90 Å². The molecule has 1 rings (SSSR count). The highest BCUT2D eigenvalue weighted by Crippen LogP contribution is 2.21. The molecule has 1 aliphatic rings. The van der Waals surface area contributed by atoms with Gasteiger partial charge in [0.15, 0.2) is 0 Å². The predicted molar refractivity (Wildman–Crippen MR) is 44.4 cm³/mol. The van der Waals surface area contributed by atoms with E-state index in [2.05, 4.69) is 19.2 Å². The van der Waals surface area contributed by atoms with Crippen molar-refractivity contribution in [3.63, 3.8) is 0 Å². The Morgan fingerprint density at radius 1 is 1.55 bits per heavy atom. The first-order chi connectivity index (χ1) is 5.15. The van der Waals surface area contributed by atoms with E-state index in [1.54, 1.807) is 7.05 Å². The van der Waals surface area contributed by atoms with Crippen molar-refractivity contribution in [1.82, 2.24) is 10.2 Å². The average molecular weight is 156 g/mol. The second-order valence-electron chi connectivity index (χ2n) is 3.40. The molecule has 3 heteroatoms. The number of hydrogen-bond acceptors (Lipinski definition) is 1. The van der Waals surface area contributed by atoms with E-state index in [1.165, 1.54) is 0 Å². The summed E-state index contributed by atoms with van der Waals surface area (Å²) in [6.07, 6.45) is 1.13. The van der Waals surface area contributed by atoms with E-state index >= 15 is 0 Å². The van der Waals surface area contributed by atoms with Crippen molar-refractivity contribution in [2.24, 2.45) is 5.92 Å². The fourth-order valence-electron chi connectivity index (χ4n) is 1.73. The molecule has 2 atom stereocenters. The lowest BCUT2D eigenvalue weighted by molar-refractivity contribution is 0.197. The molecule has 2 unspecified atom stereocenters. The highest BCUT2D eigenvalue weighted by atomic mass is 16.2. The van der Waals surface area contributed by atoms with Gasteiger partial charge in [-0.2, -0.15) is 0 Å². The van der Waals surface area contributed by atoms with E-state index in [-0.39, 0.29) is 6.03 Å². The van der Waals surface area contributed by atoms with Crippen LogP contribution in [0.4, 0.5) is 4.79 Å². The molecule has 0 bridgehead atoms. The third kappa shape index (κ3) is 1.64. The first-order valence-electron chi connectivity index (χ1n) is 4.13. The molecule has 1 N–H and O–H groups in total. The summed E-state index contributed by atoms with van der Waals surface area (Å²) in [5, 5.41) is 2.64. The Morgan fingerprint density at radius 3 is 2.55 bits per heavy atom. The summed E-state index contributed by atoms with van der Waals surface area (Å²) in [5.74, 6) is 0.655. The Morgan fingerprint density at radius 2 is 2.18 bits per heavy atom. The third-order valence-corrected chi connectivity index (χ3v) is 2.26. The lowest BCUT2D eigenvalue weighted by Crippen LogP contribution is -2.40. The molecule has 0 spiro atoms. The number of hydrogen-bond donors (Lipinski definition) is 1. The average Bonchev–Trinajstić information content (AvgIpc) is 2.28. The van der Waals surface area contributed by atoms with Crippen LogP contribution in [0.2, 0.25) is 0 Å². The summed E-state index contributed by atoms with van der Waals surface area (Å²) in [7, 11) is 1.68. The van der Waals surface area contributed by atoms with Gasteiger partial charge in [0.25, 0.3) is 0 Å². The van der Waals surface area contributed by atoms with E-state index in [0.29, 0.717) is 12.0 Å². The highest BCUT2D eigenvalue weighted by Gasteiger charge is 2.28. The molecule has 0 aromatic rings. The monoisotopic (exact) mass is 156 g/mol. The van der Waals surface area contributed by atoms with Crippen LogP contribution in [0.3, 0.4) is 0 Å². The molecule has 3 nitrogen and oxygen atoms in total. The Hall–Kier alpha value is -0.730. The molecule has 0 aliphatic carbocycles. The summed E-state index contributed by atoms with van der Waals surface area (Å²) in [5.41, 5.74) is 0. The molecule has 1 heterocycles. The summed E-state index contributed by atoms with van der Waals surface area (Å²) in [6, 6.07) is 0.465. The van der Waals surface area contributed by atoms with Crippen LogP contribution in [0.1, 0.15) is 20.3 Å². The Labute approximate surface area is 67.8 Å². The number of amides is 2. The van der Waals surface area contributed by atoms with Gasteiger partial charge < -0.3 is 10.2 Å². The van der Waals surface area contributed by atoms with Crippen LogP contribution >= 0.6 is 0 Å². The molecule has 0 radical (unpaired) electrons. The SMILES string of the molecule is CNC(=O)N1CC(C)CC1C. The largest absolute Gasteiger partial charge is 0.341 e. The number of carbonyl (C=O) groups is 1. The normalized spacial score (nSPS) is 30.6. The second kappa shape index (κ2) is 3.11. The van der Waals surface area contributed by atoms with Gasteiger partial charge in [-0.15, -0.1) is 0 Å². The molecule has 1 fully saturated rings. The van der Waals surface area contributed by atoms with E-state index in [9.17, 15) is 4.79 Å². The zero-order chi connectivity index (χ0) is 8.43. The maximum Gasteiger partial charge on any atom is 0.317 e. The molecular weight excluding hydrogens is 140 g/mol. The number of rotatable bonds is 0. The van der Waals surface area contributed by atoms with Crippen molar-refractivity contribution in [1.29, 1.82) is 0 Å². The summed E-state index contributed by atoms with van der Waals surface area (Å²) in [6.45, 7) is 5.18. The van der Waals surface area contributed by atoms with Gasteiger partial charge in [-0.05, 0) is 19.3 Å². The molecular formula is C8H16N2O. The van der Waals surface area contributed by atoms with Crippen molar-refractivity contribution in [3.8, 4) is 0 Å². The smallest absolute Gasteiger partial charge is 0.317 e. The topological polar surface area (TPSA) is 32.3 Å². The lowest BCUT2D eigenvalue weighted by Gasteiger charge is -2.20. The van der Waals surface area contributed by atoms with Crippen LogP contribution in [-0.4, -0.2) is 30.6 Å². The first kappa shape index (κ1) is 8.37. The fourth-order valence-corrected chi connectivity index (χ4v) is 1.73. The zero-order valence-corrected chi connectivity index (χ0v) is 7.42. The van der Waals surface area contributed by atoms with Gasteiger partial charge in [0.05, 0.1) is 0 Å². The highest BCUT2D eigenvalue weighted by molar-refractivity contribution is 5.74. The number of nitrogens with zero attached hydrogens (tertiary/aromatic N) is 1. The maximum absolute atomic E-state index is 11.2. The second-order valence-corrected chi connectivity index (χ2v) is 3.40. The van der Waals surface area contributed by atoms with Crippen LogP contribution in [0, 0.1) is 5.92 Å². The minimum Gasteiger partial charge on any atom is -0.341 e. The molecule has 2 amide bonds. The third-order valence-electron chi connectivity index (χ3n) is 2.26. The van der Waals surface area contributed by atoms with Crippen molar-refractivity contribution in [2.75, 3.05) is 13.6 Å². The Kier molecular flexibility index (Phi) is 2.37. The van der Waals surface area contributed by atoms with Gasteiger partial charge in [-0.25, -0.2) is 4.79 Å². The van der Waals surface area contributed by atoms with Gasteiger partial charge in [-0.1, -0.05) is 6.92 Å². The molecule has 1 saturated heterocycles. The number of likely N-dealkylation sites (tertiary alicyclic amines) is 1. The van der Waals surface area contributed by atoms with E-state index in [4.69, 9.17) is 0 Å². The van der Waals surface area contributed by atoms with Gasteiger partial charge in [0, 0.05) is 19.6 Å². The zero-order valence-electron chi connectivity index (χ0n) is 7.42. The van der Waals surface area contributed by atoms with Crippen molar-refractivity contribution in [2.45, 2.75) is 26.3 Å². The fraction of sp³-hybridized carbons (Fsp3) is 0.875. The predicted octanol–water partition coefficient (Wildman–Crippen LogP) is 1.06. The van der Waals surface area contributed by atoms with Gasteiger partial charge in [0.2, 0.25) is 0 Å². The van der Waals surface area contributed by atoms with Gasteiger partial charge in [-0.3, -0.25) is 0 Å². The quantitative estimate of drug-likeness (QED) is 0.558. The molecule has 11 heavy (non-hydrogen) atoms. The first-order valence-corrected chi connectivity index (χ1v) is 4.13. The maximum atomic E-state index is 11.2. The van der Waals surface area contributed by atoms with E-state index < -0.39 is 0 Å². The molecule has 0 saturated carbocycles. The number of urea groups is 1. The summed E-state index contributed by atoms with van der Waals surface area (Å²) >= 11 is 0. The minimum atomic E-state index is 0.0573. The van der Waals surface area contributed by atoms with Gasteiger partial charge >= 0.3 is 6.03 Å². The molecule has 0 aromatic carbocycles. The standard InChI is InChI=1S/C8H16N2O/c1-6-4-7(2)10(5-6)8(11)9-3/h6-7H,4-5H2,1-3H3,(H,9,11). The van der Waals surface area contributed by atoms with Crippen molar-refractivity contribution >= 4 is 6.03 Å². The minimum absolute atomic E-state index is 0.0573. The van der Waals surface area contributed by atoms with Crippen LogP contribution in [0.15, 0.2) is 0 Å². The van der Waals surface area contributed by atoms with Crippen LogP contribution in [0.25, 0.3) is 0 Å². The number of carbonyl (C=O) groups excluding carboxylic acids is 1. The Bertz CT molecular complexity index is 158. The van der Waals surface area contributed by atoms with Crippen LogP contribution in [0.5, 0.6) is 0 Å². The molecule has 64 valence electrons. The van der Waals surface area contributed by atoms with Crippen LogP contribution < -0.4 is 5.32 Å². The van der Waals surface area contributed by atoms with Gasteiger partial charge in [0.1, 0.15) is 0 Å². The molecule has 0 aromatic heterocycles. The van der Waals surface area contributed by atoms with Crippen molar-refractivity contribution < 1.29 is 4.79 Å². The van der Waals surface area contributed by atoms with Crippen molar-refractivity contribution in [3.05, 3.63) is 0 Å². The lowest BCUT2D eigenvalue weighted by atomic mass is 10.1. The molecule has 1 aliphatic heterocycles.